The SMILES string of the molecule is CC(=O)N1CCN(c2cc(-c3ccccc3)nc(C)n2)CC1. The van der Waals surface area contributed by atoms with Gasteiger partial charge in [0.25, 0.3) is 0 Å². The maximum atomic E-state index is 11.4. The predicted octanol–water partition coefficient (Wildman–Crippen LogP) is 2.12. The summed E-state index contributed by atoms with van der Waals surface area (Å²) in [5, 5.41) is 0. The van der Waals surface area contributed by atoms with Crippen molar-refractivity contribution in [3.05, 3.63) is 42.2 Å². The topological polar surface area (TPSA) is 49.3 Å². The zero-order valence-corrected chi connectivity index (χ0v) is 13.0. The molecule has 1 saturated heterocycles. The summed E-state index contributed by atoms with van der Waals surface area (Å²) >= 11 is 0. The van der Waals surface area contributed by atoms with Crippen molar-refractivity contribution in [3.63, 3.8) is 0 Å². The van der Waals surface area contributed by atoms with Gasteiger partial charge in [-0.25, -0.2) is 9.97 Å². The molecule has 0 atom stereocenters. The molecule has 22 heavy (non-hydrogen) atoms. The van der Waals surface area contributed by atoms with E-state index in [1.807, 2.05) is 36.1 Å². The average Bonchev–Trinajstić information content (AvgIpc) is 2.55. The standard InChI is InChI=1S/C17H20N4O/c1-13-18-16(15-6-4-3-5-7-15)12-17(19-13)21-10-8-20(9-11-21)14(2)22/h3-7,12H,8-11H2,1-2H3. The van der Waals surface area contributed by atoms with Crippen LogP contribution in [0.2, 0.25) is 0 Å². The molecule has 0 bridgehead atoms. The van der Waals surface area contributed by atoms with Gasteiger partial charge in [0.05, 0.1) is 5.69 Å². The molecule has 5 heteroatoms. The molecule has 1 fully saturated rings. The third kappa shape index (κ3) is 3.08. The number of hydrogen-bond acceptors (Lipinski definition) is 4. The number of hydrogen-bond donors (Lipinski definition) is 0. The Bertz CT molecular complexity index is 664. The van der Waals surface area contributed by atoms with Crippen molar-refractivity contribution < 1.29 is 4.79 Å². The van der Waals surface area contributed by atoms with Gasteiger partial charge in [-0.15, -0.1) is 0 Å². The fraction of sp³-hybridized carbons (Fsp3) is 0.353. The van der Waals surface area contributed by atoms with Gasteiger partial charge in [0.2, 0.25) is 5.91 Å². The lowest BCUT2D eigenvalue weighted by Gasteiger charge is -2.35. The third-order valence-corrected chi connectivity index (χ3v) is 3.94. The van der Waals surface area contributed by atoms with Crippen LogP contribution in [0, 0.1) is 6.92 Å². The van der Waals surface area contributed by atoms with Gasteiger partial charge in [-0.05, 0) is 6.92 Å². The van der Waals surface area contributed by atoms with Crippen molar-refractivity contribution in [2.24, 2.45) is 0 Å². The lowest BCUT2D eigenvalue weighted by Crippen LogP contribution is -2.48. The molecule has 5 nitrogen and oxygen atoms in total. The number of piperazine rings is 1. The zero-order valence-electron chi connectivity index (χ0n) is 13.0. The normalized spacial score (nSPS) is 15.0. The second-order valence-corrected chi connectivity index (χ2v) is 5.52. The molecule has 0 N–H and O–H groups in total. The molecule has 0 aliphatic carbocycles. The smallest absolute Gasteiger partial charge is 0.219 e. The highest BCUT2D eigenvalue weighted by atomic mass is 16.2. The molecular formula is C17H20N4O. The van der Waals surface area contributed by atoms with Crippen molar-refractivity contribution in [2.75, 3.05) is 31.1 Å². The van der Waals surface area contributed by atoms with E-state index in [0.29, 0.717) is 0 Å². The highest BCUT2D eigenvalue weighted by molar-refractivity contribution is 5.73. The molecule has 3 rings (SSSR count). The van der Waals surface area contributed by atoms with E-state index in [1.165, 1.54) is 0 Å². The van der Waals surface area contributed by atoms with Crippen LogP contribution in [0.1, 0.15) is 12.7 Å². The van der Waals surface area contributed by atoms with Gasteiger partial charge in [-0.2, -0.15) is 0 Å². The lowest BCUT2D eigenvalue weighted by molar-refractivity contribution is -0.129. The molecule has 114 valence electrons. The first kappa shape index (κ1) is 14.5. The minimum absolute atomic E-state index is 0.142. The Balaban J connectivity index is 1.83. The van der Waals surface area contributed by atoms with Gasteiger partial charge in [0, 0.05) is 44.7 Å². The van der Waals surface area contributed by atoms with Crippen LogP contribution in [-0.2, 0) is 4.79 Å². The van der Waals surface area contributed by atoms with Gasteiger partial charge >= 0.3 is 0 Å². The van der Waals surface area contributed by atoms with Crippen LogP contribution >= 0.6 is 0 Å². The van der Waals surface area contributed by atoms with E-state index in [0.717, 1.165) is 49.1 Å². The van der Waals surface area contributed by atoms with Crippen molar-refractivity contribution in [2.45, 2.75) is 13.8 Å². The van der Waals surface area contributed by atoms with Crippen molar-refractivity contribution >= 4 is 11.7 Å². The molecule has 0 saturated carbocycles. The fourth-order valence-electron chi connectivity index (χ4n) is 2.72. The minimum atomic E-state index is 0.142. The molecular weight excluding hydrogens is 276 g/mol. The third-order valence-electron chi connectivity index (χ3n) is 3.94. The molecule has 2 heterocycles. The van der Waals surface area contributed by atoms with Gasteiger partial charge in [-0.3, -0.25) is 4.79 Å². The fourth-order valence-corrected chi connectivity index (χ4v) is 2.72. The number of anilines is 1. The van der Waals surface area contributed by atoms with Gasteiger partial charge in [0.15, 0.2) is 0 Å². The van der Waals surface area contributed by atoms with Crippen LogP contribution in [0.25, 0.3) is 11.3 Å². The quantitative estimate of drug-likeness (QED) is 0.852. The highest BCUT2D eigenvalue weighted by Gasteiger charge is 2.20. The molecule has 0 unspecified atom stereocenters. The molecule has 0 radical (unpaired) electrons. The molecule has 1 aromatic carbocycles. The molecule has 1 aromatic heterocycles. The summed E-state index contributed by atoms with van der Waals surface area (Å²) in [6.45, 7) is 6.66. The number of rotatable bonds is 2. The maximum absolute atomic E-state index is 11.4. The molecule has 0 spiro atoms. The summed E-state index contributed by atoms with van der Waals surface area (Å²) in [5.41, 5.74) is 2.04. The Kier molecular flexibility index (Phi) is 4.04. The largest absolute Gasteiger partial charge is 0.353 e. The summed E-state index contributed by atoms with van der Waals surface area (Å²) in [7, 11) is 0. The maximum Gasteiger partial charge on any atom is 0.219 e. The number of carbonyl (C=O) groups is 1. The Morgan fingerprint density at radius 2 is 1.73 bits per heavy atom. The van der Waals surface area contributed by atoms with Crippen LogP contribution in [-0.4, -0.2) is 47.0 Å². The second-order valence-electron chi connectivity index (χ2n) is 5.52. The van der Waals surface area contributed by atoms with E-state index in [2.05, 4.69) is 27.0 Å². The van der Waals surface area contributed by atoms with Crippen LogP contribution in [0.5, 0.6) is 0 Å². The molecule has 2 aromatic rings. The van der Waals surface area contributed by atoms with Crippen LogP contribution in [0.3, 0.4) is 0 Å². The molecule has 1 aliphatic rings. The van der Waals surface area contributed by atoms with Crippen molar-refractivity contribution in [1.29, 1.82) is 0 Å². The Labute approximate surface area is 130 Å². The van der Waals surface area contributed by atoms with Gasteiger partial charge in [0.1, 0.15) is 11.6 Å². The van der Waals surface area contributed by atoms with Crippen LogP contribution in [0.4, 0.5) is 5.82 Å². The Morgan fingerprint density at radius 3 is 2.36 bits per heavy atom. The number of aromatic nitrogens is 2. The summed E-state index contributed by atoms with van der Waals surface area (Å²) < 4.78 is 0. The first-order valence-corrected chi connectivity index (χ1v) is 7.55. The van der Waals surface area contributed by atoms with E-state index in [-0.39, 0.29) is 5.91 Å². The van der Waals surface area contributed by atoms with Gasteiger partial charge in [-0.1, -0.05) is 30.3 Å². The summed E-state index contributed by atoms with van der Waals surface area (Å²) in [4.78, 5) is 24.6. The van der Waals surface area contributed by atoms with E-state index in [9.17, 15) is 4.79 Å². The second kappa shape index (κ2) is 6.13. The Morgan fingerprint density at radius 1 is 1.05 bits per heavy atom. The molecule has 1 amide bonds. The zero-order chi connectivity index (χ0) is 15.5. The predicted molar refractivity (Wildman–Crippen MR) is 86.7 cm³/mol. The van der Waals surface area contributed by atoms with E-state index in [4.69, 9.17) is 0 Å². The molecule has 1 aliphatic heterocycles. The van der Waals surface area contributed by atoms with E-state index >= 15 is 0 Å². The minimum Gasteiger partial charge on any atom is -0.353 e. The number of amides is 1. The first-order chi connectivity index (χ1) is 10.6. The number of aryl methyl sites for hydroxylation is 1. The van der Waals surface area contributed by atoms with Crippen molar-refractivity contribution in [1.82, 2.24) is 14.9 Å². The first-order valence-electron chi connectivity index (χ1n) is 7.55. The Hall–Kier alpha value is -2.43. The summed E-state index contributed by atoms with van der Waals surface area (Å²) in [5.74, 6) is 1.85. The van der Waals surface area contributed by atoms with Crippen molar-refractivity contribution in [3.8, 4) is 11.3 Å². The number of carbonyl (C=O) groups excluding carboxylic acids is 1. The monoisotopic (exact) mass is 296 g/mol. The summed E-state index contributed by atoms with van der Waals surface area (Å²) in [6, 6.07) is 12.2. The lowest BCUT2D eigenvalue weighted by atomic mass is 10.1. The van der Waals surface area contributed by atoms with Gasteiger partial charge < -0.3 is 9.80 Å². The summed E-state index contributed by atoms with van der Waals surface area (Å²) in [6.07, 6.45) is 0. The number of benzene rings is 1. The van der Waals surface area contributed by atoms with E-state index < -0.39 is 0 Å². The van der Waals surface area contributed by atoms with Crippen LogP contribution < -0.4 is 4.90 Å². The number of nitrogens with zero attached hydrogens (tertiary/aromatic N) is 4. The average molecular weight is 296 g/mol. The van der Waals surface area contributed by atoms with Crippen LogP contribution in [0.15, 0.2) is 36.4 Å². The highest BCUT2D eigenvalue weighted by Crippen LogP contribution is 2.22. The van der Waals surface area contributed by atoms with E-state index in [1.54, 1.807) is 6.92 Å².